The minimum Gasteiger partial charge on any atom is -0.212 e. The molecule has 4 heteroatoms. The zero-order chi connectivity index (χ0) is 14.8. The van der Waals surface area contributed by atoms with Gasteiger partial charge in [-0.05, 0) is 43.9 Å². The summed E-state index contributed by atoms with van der Waals surface area (Å²) in [6.07, 6.45) is 3.22. The molecule has 1 saturated heterocycles. The van der Waals surface area contributed by atoms with Gasteiger partial charge in [0.1, 0.15) is 0 Å². The fourth-order valence-electron chi connectivity index (χ4n) is 3.48. The van der Waals surface area contributed by atoms with Crippen LogP contribution in [0.2, 0.25) is 0 Å². The molecule has 1 unspecified atom stereocenters. The first kappa shape index (κ1) is 17.0. The largest absolute Gasteiger partial charge is 0.216 e. The van der Waals surface area contributed by atoms with E-state index in [9.17, 15) is 8.42 Å². The topological polar surface area (TPSA) is 37.4 Å². The van der Waals surface area contributed by atoms with Gasteiger partial charge >= 0.3 is 0 Å². The van der Waals surface area contributed by atoms with Gasteiger partial charge in [0.15, 0.2) is 0 Å². The third-order valence-electron chi connectivity index (χ3n) is 4.58. The van der Waals surface area contributed by atoms with Gasteiger partial charge in [0.2, 0.25) is 10.0 Å². The van der Waals surface area contributed by atoms with Crippen LogP contribution in [0.15, 0.2) is 0 Å². The third kappa shape index (κ3) is 3.94. The van der Waals surface area contributed by atoms with Crippen molar-refractivity contribution in [1.29, 1.82) is 0 Å². The molecule has 0 aromatic rings. The highest BCUT2D eigenvalue weighted by atomic mass is 32.2. The molecule has 0 N–H and O–H groups in total. The molecule has 114 valence electrons. The smallest absolute Gasteiger partial charge is 0.212 e. The molecule has 19 heavy (non-hydrogen) atoms. The van der Waals surface area contributed by atoms with Crippen molar-refractivity contribution in [3.8, 4) is 0 Å². The van der Waals surface area contributed by atoms with E-state index in [1.807, 2.05) is 0 Å². The SMILES string of the molecule is CCC(C1CCN(S(=O)(=O)C(C)C)CC1)C(C)(C)C. The minimum absolute atomic E-state index is 0.298. The van der Waals surface area contributed by atoms with Crippen LogP contribution < -0.4 is 0 Å². The summed E-state index contributed by atoms with van der Waals surface area (Å²) in [6.45, 7) is 14.1. The summed E-state index contributed by atoms with van der Waals surface area (Å²) in [5.74, 6) is 1.36. The van der Waals surface area contributed by atoms with Crippen LogP contribution >= 0.6 is 0 Å². The van der Waals surface area contributed by atoms with Crippen molar-refractivity contribution in [1.82, 2.24) is 4.31 Å². The van der Waals surface area contributed by atoms with E-state index < -0.39 is 10.0 Å². The van der Waals surface area contributed by atoms with Crippen molar-refractivity contribution in [3.63, 3.8) is 0 Å². The highest BCUT2D eigenvalue weighted by Crippen LogP contribution is 2.39. The molecular weight excluding hydrogens is 258 g/mol. The van der Waals surface area contributed by atoms with Crippen LogP contribution in [0, 0.1) is 17.3 Å². The Morgan fingerprint density at radius 2 is 1.63 bits per heavy atom. The quantitative estimate of drug-likeness (QED) is 0.794. The third-order valence-corrected chi connectivity index (χ3v) is 6.85. The first-order chi connectivity index (χ1) is 8.60. The van der Waals surface area contributed by atoms with E-state index in [0.717, 1.165) is 12.8 Å². The molecule has 0 aromatic heterocycles. The Kier molecular flexibility index (Phi) is 5.47. The van der Waals surface area contributed by atoms with E-state index in [0.29, 0.717) is 30.3 Å². The van der Waals surface area contributed by atoms with Crippen LogP contribution in [-0.2, 0) is 10.0 Å². The predicted octanol–water partition coefficient (Wildman–Crippen LogP) is 3.51. The Labute approximate surface area is 119 Å². The van der Waals surface area contributed by atoms with Gasteiger partial charge in [-0.3, -0.25) is 0 Å². The van der Waals surface area contributed by atoms with Gasteiger partial charge in [-0.25, -0.2) is 12.7 Å². The molecule has 0 saturated carbocycles. The standard InChI is InChI=1S/C15H31NO2S/c1-7-14(15(4,5)6)13-8-10-16(11-9-13)19(17,18)12(2)3/h12-14H,7-11H2,1-6H3. The summed E-state index contributed by atoms with van der Waals surface area (Å²) in [4.78, 5) is 0. The van der Waals surface area contributed by atoms with Gasteiger partial charge in [-0.2, -0.15) is 0 Å². The maximum absolute atomic E-state index is 12.2. The van der Waals surface area contributed by atoms with Crippen LogP contribution in [0.1, 0.15) is 60.8 Å². The Bertz CT molecular complexity index is 373. The van der Waals surface area contributed by atoms with E-state index in [4.69, 9.17) is 0 Å². The molecule has 1 rings (SSSR count). The Hall–Kier alpha value is -0.0900. The number of rotatable bonds is 4. The first-order valence-corrected chi connectivity index (χ1v) is 9.10. The van der Waals surface area contributed by atoms with Gasteiger partial charge in [0.05, 0.1) is 5.25 Å². The van der Waals surface area contributed by atoms with Gasteiger partial charge < -0.3 is 0 Å². The monoisotopic (exact) mass is 289 g/mol. The normalized spacial score (nSPS) is 21.8. The van der Waals surface area contributed by atoms with Crippen LogP contribution in [0.25, 0.3) is 0 Å². The lowest BCUT2D eigenvalue weighted by Gasteiger charge is -2.41. The molecule has 1 atom stereocenters. The summed E-state index contributed by atoms with van der Waals surface area (Å²) in [5, 5.41) is -0.298. The molecule has 1 aliphatic rings. The van der Waals surface area contributed by atoms with Gasteiger partial charge in [0.25, 0.3) is 0 Å². The van der Waals surface area contributed by atoms with E-state index in [2.05, 4.69) is 27.7 Å². The maximum Gasteiger partial charge on any atom is 0.216 e. The van der Waals surface area contributed by atoms with Crippen molar-refractivity contribution in [2.45, 2.75) is 66.1 Å². The molecule has 0 bridgehead atoms. The van der Waals surface area contributed by atoms with Crippen molar-refractivity contribution in [3.05, 3.63) is 0 Å². The van der Waals surface area contributed by atoms with E-state index in [1.165, 1.54) is 6.42 Å². The van der Waals surface area contributed by atoms with Crippen LogP contribution in [0.3, 0.4) is 0 Å². The number of hydrogen-bond donors (Lipinski definition) is 0. The Morgan fingerprint density at radius 1 is 1.16 bits per heavy atom. The highest BCUT2D eigenvalue weighted by molar-refractivity contribution is 7.89. The predicted molar refractivity (Wildman–Crippen MR) is 81.6 cm³/mol. The molecule has 0 radical (unpaired) electrons. The Morgan fingerprint density at radius 3 is 1.95 bits per heavy atom. The minimum atomic E-state index is -3.06. The van der Waals surface area contributed by atoms with Crippen molar-refractivity contribution < 1.29 is 8.42 Å². The number of sulfonamides is 1. The van der Waals surface area contributed by atoms with Crippen molar-refractivity contribution >= 4 is 10.0 Å². The van der Waals surface area contributed by atoms with Gasteiger partial charge in [-0.15, -0.1) is 0 Å². The maximum atomic E-state index is 12.2. The molecule has 3 nitrogen and oxygen atoms in total. The summed E-state index contributed by atoms with van der Waals surface area (Å²) in [6, 6.07) is 0. The molecule has 0 amide bonds. The molecule has 1 heterocycles. The average molecular weight is 289 g/mol. The molecule has 0 aliphatic carbocycles. The zero-order valence-electron chi connectivity index (χ0n) is 13.4. The van der Waals surface area contributed by atoms with Crippen LogP contribution in [0.4, 0.5) is 0 Å². The summed E-state index contributed by atoms with van der Waals surface area (Å²) in [5.41, 5.74) is 0.318. The van der Waals surface area contributed by atoms with Crippen LogP contribution in [0.5, 0.6) is 0 Å². The van der Waals surface area contributed by atoms with Gasteiger partial charge in [0, 0.05) is 13.1 Å². The highest BCUT2D eigenvalue weighted by Gasteiger charge is 2.36. The van der Waals surface area contributed by atoms with Crippen LogP contribution in [-0.4, -0.2) is 31.1 Å². The number of nitrogens with zero attached hydrogens (tertiary/aromatic N) is 1. The Balaban J connectivity index is 2.68. The van der Waals surface area contributed by atoms with Crippen molar-refractivity contribution in [2.75, 3.05) is 13.1 Å². The summed E-state index contributed by atoms with van der Waals surface area (Å²) in [7, 11) is -3.06. The molecule has 0 aromatic carbocycles. The summed E-state index contributed by atoms with van der Waals surface area (Å²) < 4.78 is 26.0. The van der Waals surface area contributed by atoms with E-state index in [1.54, 1.807) is 18.2 Å². The fraction of sp³-hybridized carbons (Fsp3) is 1.00. The second-order valence-corrected chi connectivity index (χ2v) is 9.70. The lowest BCUT2D eigenvalue weighted by Crippen LogP contribution is -2.44. The molecule has 1 fully saturated rings. The summed E-state index contributed by atoms with van der Waals surface area (Å²) >= 11 is 0. The van der Waals surface area contributed by atoms with E-state index >= 15 is 0 Å². The number of hydrogen-bond acceptors (Lipinski definition) is 2. The van der Waals surface area contributed by atoms with E-state index in [-0.39, 0.29) is 5.25 Å². The first-order valence-electron chi connectivity index (χ1n) is 7.59. The lowest BCUT2D eigenvalue weighted by atomic mass is 9.69. The zero-order valence-corrected chi connectivity index (χ0v) is 14.3. The second kappa shape index (κ2) is 6.13. The fourth-order valence-corrected chi connectivity index (χ4v) is 4.80. The average Bonchev–Trinajstić information content (AvgIpc) is 2.28. The van der Waals surface area contributed by atoms with Crippen molar-refractivity contribution in [2.24, 2.45) is 17.3 Å². The number of piperidine rings is 1. The second-order valence-electron chi connectivity index (χ2n) is 7.21. The molecular formula is C15H31NO2S. The van der Waals surface area contributed by atoms with Gasteiger partial charge in [-0.1, -0.05) is 34.1 Å². The lowest BCUT2D eigenvalue weighted by molar-refractivity contribution is 0.107. The molecule has 1 aliphatic heterocycles. The molecule has 0 spiro atoms.